The van der Waals surface area contributed by atoms with Gasteiger partial charge < -0.3 is 0 Å². The van der Waals surface area contributed by atoms with E-state index >= 15 is 0 Å². The van der Waals surface area contributed by atoms with E-state index < -0.39 is 11.9 Å². The van der Waals surface area contributed by atoms with Crippen molar-refractivity contribution in [2.45, 2.75) is 6.92 Å². The second-order valence-electron chi connectivity index (χ2n) is 3.21. The van der Waals surface area contributed by atoms with Crippen LogP contribution in [0.25, 0.3) is 0 Å². The number of nitrogens with zero attached hydrogens (tertiary/aromatic N) is 1. The van der Waals surface area contributed by atoms with E-state index in [1.54, 1.807) is 6.92 Å². The molecule has 0 saturated carbocycles. The highest BCUT2D eigenvalue weighted by molar-refractivity contribution is 6.28. The Kier molecular flexibility index (Phi) is 4.90. The zero-order valence-electron chi connectivity index (χ0n) is 9.24. The predicted octanol–water partition coefficient (Wildman–Crippen LogP) is 2.13. The van der Waals surface area contributed by atoms with Crippen molar-refractivity contribution in [1.82, 2.24) is 5.32 Å². The Hall–Kier alpha value is -1.62. The highest BCUT2D eigenvalue weighted by atomic mass is 35.5. The van der Waals surface area contributed by atoms with Gasteiger partial charge in [-0.3, -0.25) is 15.0 Å². The van der Waals surface area contributed by atoms with Gasteiger partial charge in [-0.1, -0.05) is 0 Å². The van der Waals surface area contributed by atoms with Crippen molar-refractivity contribution in [2.24, 2.45) is 0 Å². The minimum Gasteiger partial charge on any atom is -0.294 e. The molecule has 4 nitrogen and oxygen atoms in total. The first kappa shape index (κ1) is 13.4. The molecular formula is C11H12ClFN2O2. The monoisotopic (exact) mass is 258 g/mol. The molecule has 92 valence electrons. The molecule has 0 fully saturated rings. The number of rotatable bonds is 3. The Morgan fingerprint density at radius 2 is 1.94 bits per heavy atom. The molecule has 0 heterocycles. The quantitative estimate of drug-likeness (QED) is 0.845. The Balaban J connectivity index is 2.80. The van der Waals surface area contributed by atoms with Gasteiger partial charge in [-0.15, -0.1) is 11.6 Å². The number of anilines is 1. The number of amides is 3. The third kappa shape index (κ3) is 3.71. The number of carbonyl (C=O) groups excluding carboxylic acids is 2. The zero-order valence-corrected chi connectivity index (χ0v) is 10.00. The van der Waals surface area contributed by atoms with E-state index in [0.717, 1.165) is 0 Å². The summed E-state index contributed by atoms with van der Waals surface area (Å²) < 4.78 is 12.7. The van der Waals surface area contributed by atoms with Gasteiger partial charge in [-0.05, 0) is 31.2 Å². The van der Waals surface area contributed by atoms with Gasteiger partial charge in [0.1, 0.15) is 11.7 Å². The SMILES string of the molecule is CCN(C(=O)NC(=O)CCl)c1ccc(F)cc1. The number of nitrogens with one attached hydrogen (secondary N) is 1. The second kappa shape index (κ2) is 6.20. The number of carbonyl (C=O) groups is 2. The number of urea groups is 1. The Morgan fingerprint density at radius 1 is 1.35 bits per heavy atom. The normalized spacial score (nSPS) is 9.82. The van der Waals surface area contributed by atoms with Crippen LogP contribution in [0.15, 0.2) is 24.3 Å². The first-order valence-corrected chi connectivity index (χ1v) is 5.54. The van der Waals surface area contributed by atoms with Crippen LogP contribution in [0.1, 0.15) is 6.92 Å². The summed E-state index contributed by atoms with van der Waals surface area (Å²) in [4.78, 5) is 24.0. The van der Waals surface area contributed by atoms with Gasteiger partial charge in [-0.2, -0.15) is 0 Å². The average molecular weight is 259 g/mol. The minimum atomic E-state index is -0.579. The van der Waals surface area contributed by atoms with E-state index in [1.807, 2.05) is 0 Å². The molecule has 0 saturated heterocycles. The summed E-state index contributed by atoms with van der Waals surface area (Å²) in [5, 5.41) is 2.12. The molecule has 0 radical (unpaired) electrons. The summed E-state index contributed by atoms with van der Waals surface area (Å²) >= 11 is 5.28. The fourth-order valence-corrected chi connectivity index (χ4v) is 1.35. The lowest BCUT2D eigenvalue weighted by molar-refractivity contribution is -0.117. The number of alkyl halides is 1. The van der Waals surface area contributed by atoms with Crippen molar-refractivity contribution >= 4 is 29.2 Å². The van der Waals surface area contributed by atoms with Gasteiger partial charge in [0.25, 0.3) is 0 Å². The largest absolute Gasteiger partial charge is 0.328 e. The molecule has 0 aliphatic rings. The zero-order chi connectivity index (χ0) is 12.8. The van der Waals surface area contributed by atoms with Gasteiger partial charge in [0.15, 0.2) is 0 Å². The summed E-state index contributed by atoms with van der Waals surface area (Å²) in [5.74, 6) is -1.24. The van der Waals surface area contributed by atoms with Crippen LogP contribution in [0.3, 0.4) is 0 Å². The maximum atomic E-state index is 12.7. The van der Waals surface area contributed by atoms with Crippen molar-refractivity contribution in [1.29, 1.82) is 0 Å². The van der Waals surface area contributed by atoms with Crippen molar-refractivity contribution in [3.8, 4) is 0 Å². The van der Waals surface area contributed by atoms with Gasteiger partial charge in [-0.25, -0.2) is 9.18 Å². The molecule has 1 N–H and O–H groups in total. The van der Waals surface area contributed by atoms with Gasteiger partial charge in [0.05, 0.1) is 0 Å². The highest BCUT2D eigenvalue weighted by Crippen LogP contribution is 2.14. The molecule has 17 heavy (non-hydrogen) atoms. The number of benzene rings is 1. The highest BCUT2D eigenvalue weighted by Gasteiger charge is 2.15. The molecule has 3 amide bonds. The van der Waals surface area contributed by atoms with E-state index in [4.69, 9.17) is 11.6 Å². The summed E-state index contributed by atoms with van der Waals surface area (Å²) in [7, 11) is 0. The number of imide groups is 1. The summed E-state index contributed by atoms with van der Waals surface area (Å²) in [6.45, 7) is 2.10. The number of halogens is 2. The second-order valence-corrected chi connectivity index (χ2v) is 3.47. The van der Waals surface area contributed by atoms with E-state index in [0.29, 0.717) is 12.2 Å². The van der Waals surface area contributed by atoms with Crippen LogP contribution < -0.4 is 10.2 Å². The molecule has 1 aromatic rings. The lowest BCUT2D eigenvalue weighted by atomic mass is 10.3. The van der Waals surface area contributed by atoms with Gasteiger partial charge >= 0.3 is 6.03 Å². The Labute approximate surface area is 103 Å². The Bertz CT molecular complexity index is 408. The number of hydrogen-bond acceptors (Lipinski definition) is 2. The molecule has 6 heteroatoms. The summed E-state index contributed by atoms with van der Waals surface area (Å²) in [6, 6.07) is 4.83. The van der Waals surface area contributed by atoms with Crippen molar-refractivity contribution in [3.63, 3.8) is 0 Å². The first-order chi connectivity index (χ1) is 8.08. The summed E-state index contributed by atoms with van der Waals surface area (Å²) in [6.07, 6.45) is 0. The number of hydrogen-bond donors (Lipinski definition) is 1. The maximum Gasteiger partial charge on any atom is 0.328 e. The molecule has 0 bridgehead atoms. The molecular weight excluding hydrogens is 247 g/mol. The maximum absolute atomic E-state index is 12.7. The third-order valence-electron chi connectivity index (χ3n) is 2.07. The van der Waals surface area contributed by atoms with Crippen LogP contribution >= 0.6 is 11.6 Å². The first-order valence-electron chi connectivity index (χ1n) is 5.01. The van der Waals surface area contributed by atoms with Gasteiger partial charge in [0, 0.05) is 12.2 Å². The average Bonchev–Trinajstić information content (AvgIpc) is 2.32. The summed E-state index contributed by atoms with van der Waals surface area (Å²) in [5.41, 5.74) is 0.508. The molecule has 0 unspecified atom stereocenters. The topological polar surface area (TPSA) is 49.4 Å². The van der Waals surface area contributed by atoms with Crippen molar-refractivity contribution < 1.29 is 14.0 Å². The molecule has 0 spiro atoms. The molecule has 0 aromatic heterocycles. The Morgan fingerprint density at radius 3 is 2.41 bits per heavy atom. The lowest BCUT2D eigenvalue weighted by Crippen LogP contribution is -2.43. The predicted molar refractivity (Wildman–Crippen MR) is 63.7 cm³/mol. The molecule has 0 aliphatic carbocycles. The lowest BCUT2D eigenvalue weighted by Gasteiger charge is -2.20. The van der Waals surface area contributed by atoms with Crippen LogP contribution in [0.2, 0.25) is 0 Å². The van der Waals surface area contributed by atoms with Crippen LogP contribution in [0, 0.1) is 5.82 Å². The molecule has 0 aliphatic heterocycles. The molecule has 1 rings (SSSR count). The molecule has 1 aromatic carbocycles. The van der Waals surface area contributed by atoms with Crippen molar-refractivity contribution in [3.05, 3.63) is 30.1 Å². The fraction of sp³-hybridized carbons (Fsp3) is 0.273. The third-order valence-corrected chi connectivity index (χ3v) is 2.31. The minimum absolute atomic E-state index is 0.285. The van der Waals surface area contributed by atoms with E-state index in [2.05, 4.69) is 5.32 Å². The van der Waals surface area contributed by atoms with Crippen LogP contribution in [-0.4, -0.2) is 24.4 Å². The fourth-order valence-electron chi connectivity index (χ4n) is 1.28. The van der Waals surface area contributed by atoms with Crippen LogP contribution in [0.5, 0.6) is 0 Å². The van der Waals surface area contributed by atoms with Gasteiger partial charge in [0.2, 0.25) is 5.91 Å². The van der Waals surface area contributed by atoms with E-state index in [-0.39, 0.29) is 11.7 Å². The smallest absolute Gasteiger partial charge is 0.294 e. The van der Waals surface area contributed by atoms with Crippen molar-refractivity contribution in [2.75, 3.05) is 17.3 Å². The van der Waals surface area contributed by atoms with E-state index in [9.17, 15) is 14.0 Å². The standard InChI is InChI=1S/C11H12ClFN2O2/c1-2-15(11(17)14-10(16)7-12)9-5-3-8(13)4-6-9/h3-6H,2,7H2,1H3,(H,14,16,17). The van der Waals surface area contributed by atoms with E-state index in [1.165, 1.54) is 29.2 Å². The molecule has 0 atom stereocenters. The van der Waals surface area contributed by atoms with Crippen LogP contribution in [0.4, 0.5) is 14.9 Å². The van der Waals surface area contributed by atoms with Crippen LogP contribution in [-0.2, 0) is 4.79 Å².